The van der Waals surface area contributed by atoms with E-state index in [0.29, 0.717) is 5.92 Å². The zero-order chi connectivity index (χ0) is 14.5. The Hall–Kier alpha value is -0.0800. The lowest BCUT2D eigenvalue weighted by molar-refractivity contribution is 0.00729. The second kappa shape index (κ2) is 7.97. The quantitative estimate of drug-likeness (QED) is 0.806. The van der Waals surface area contributed by atoms with E-state index >= 15 is 0 Å². The first-order chi connectivity index (χ1) is 10.3. The molecule has 3 fully saturated rings. The summed E-state index contributed by atoms with van der Waals surface area (Å²) in [6, 6.07) is 1.55. The summed E-state index contributed by atoms with van der Waals surface area (Å²) in [6.07, 6.45) is 19.2. The van der Waals surface area contributed by atoms with Gasteiger partial charge in [-0.25, -0.2) is 0 Å². The molecular weight excluding hydrogens is 258 g/mol. The third kappa shape index (κ3) is 4.22. The predicted molar refractivity (Wildman–Crippen MR) is 88.4 cm³/mol. The highest BCUT2D eigenvalue weighted by Crippen LogP contribution is 2.33. The van der Waals surface area contributed by atoms with E-state index in [0.717, 1.165) is 18.6 Å². The van der Waals surface area contributed by atoms with E-state index in [-0.39, 0.29) is 6.10 Å². The largest absolute Gasteiger partial charge is 0.392 e. The van der Waals surface area contributed by atoms with Gasteiger partial charge in [0.05, 0.1) is 6.10 Å². The van der Waals surface area contributed by atoms with Crippen molar-refractivity contribution in [1.29, 1.82) is 0 Å². The lowest BCUT2D eigenvalue weighted by atomic mass is 9.87. The van der Waals surface area contributed by atoms with Gasteiger partial charge in [0.2, 0.25) is 0 Å². The molecule has 122 valence electrons. The van der Waals surface area contributed by atoms with Gasteiger partial charge in [0, 0.05) is 18.6 Å². The van der Waals surface area contributed by atoms with E-state index in [1.807, 2.05) is 0 Å². The van der Waals surface area contributed by atoms with Crippen molar-refractivity contribution in [3.8, 4) is 0 Å². The Morgan fingerprint density at radius 1 is 0.667 bits per heavy atom. The minimum atomic E-state index is -0.0589. The van der Waals surface area contributed by atoms with E-state index in [9.17, 15) is 5.11 Å². The molecule has 0 amide bonds. The van der Waals surface area contributed by atoms with Crippen molar-refractivity contribution >= 4 is 0 Å². The van der Waals surface area contributed by atoms with Crippen LogP contribution in [0.5, 0.6) is 0 Å². The average Bonchev–Trinajstić information content (AvgIpc) is 3.09. The van der Waals surface area contributed by atoms with Crippen LogP contribution in [0.15, 0.2) is 0 Å². The molecule has 0 radical (unpaired) electrons. The van der Waals surface area contributed by atoms with E-state index in [1.54, 1.807) is 0 Å². The summed E-state index contributed by atoms with van der Waals surface area (Å²) in [5.74, 6) is 0.597. The molecule has 0 aromatic heterocycles. The van der Waals surface area contributed by atoms with Crippen molar-refractivity contribution in [2.24, 2.45) is 5.92 Å². The molecule has 0 spiro atoms. The lowest BCUT2D eigenvalue weighted by Gasteiger charge is -2.43. The highest BCUT2D eigenvalue weighted by atomic mass is 16.3. The van der Waals surface area contributed by atoms with Crippen LogP contribution in [0.2, 0.25) is 0 Å². The summed E-state index contributed by atoms with van der Waals surface area (Å²) in [6.45, 7) is 0.972. The van der Waals surface area contributed by atoms with Gasteiger partial charge in [-0.15, -0.1) is 0 Å². The standard InChI is InChI=1S/C19H35NO/c21-19(16-9-7-8-10-16)15-20(17-11-3-1-4-12-17)18-13-5-2-6-14-18/h16-19,21H,1-15H2. The minimum Gasteiger partial charge on any atom is -0.392 e. The van der Waals surface area contributed by atoms with Crippen molar-refractivity contribution in [2.45, 2.75) is 108 Å². The fourth-order valence-electron chi connectivity index (χ4n) is 5.13. The molecule has 0 aliphatic heterocycles. The van der Waals surface area contributed by atoms with Crippen LogP contribution >= 0.6 is 0 Å². The lowest BCUT2D eigenvalue weighted by Crippen LogP contribution is -2.49. The fourth-order valence-corrected chi connectivity index (χ4v) is 5.13. The average molecular weight is 293 g/mol. The van der Waals surface area contributed by atoms with Crippen molar-refractivity contribution < 1.29 is 5.11 Å². The first-order valence-electron chi connectivity index (χ1n) is 9.78. The Kier molecular flexibility index (Phi) is 5.99. The Bertz CT molecular complexity index is 270. The molecule has 0 aromatic carbocycles. The van der Waals surface area contributed by atoms with Crippen LogP contribution in [0.1, 0.15) is 89.9 Å². The zero-order valence-electron chi connectivity index (χ0n) is 13.8. The van der Waals surface area contributed by atoms with Gasteiger partial charge in [-0.3, -0.25) is 4.90 Å². The van der Waals surface area contributed by atoms with Crippen LogP contribution < -0.4 is 0 Å². The zero-order valence-corrected chi connectivity index (χ0v) is 13.8. The van der Waals surface area contributed by atoms with Gasteiger partial charge < -0.3 is 5.11 Å². The Morgan fingerprint density at radius 3 is 1.57 bits per heavy atom. The molecule has 0 saturated heterocycles. The van der Waals surface area contributed by atoms with Gasteiger partial charge in [0.15, 0.2) is 0 Å². The molecule has 0 bridgehead atoms. The maximum absolute atomic E-state index is 10.7. The summed E-state index contributed by atoms with van der Waals surface area (Å²) < 4.78 is 0. The second-order valence-electron chi connectivity index (χ2n) is 7.89. The van der Waals surface area contributed by atoms with Crippen LogP contribution in [0.3, 0.4) is 0 Å². The maximum Gasteiger partial charge on any atom is 0.0695 e. The van der Waals surface area contributed by atoms with Crippen molar-refractivity contribution in [2.75, 3.05) is 6.54 Å². The van der Waals surface area contributed by atoms with Gasteiger partial charge in [-0.1, -0.05) is 51.4 Å². The van der Waals surface area contributed by atoms with E-state index in [2.05, 4.69) is 4.90 Å². The molecular formula is C19H35NO. The molecule has 3 aliphatic carbocycles. The molecule has 3 saturated carbocycles. The molecule has 3 rings (SSSR count). The van der Waals surface area contributed by atoms with E-state index in [4.69, 9.17) is 0 Å². The Labute approximate surface area is 131 Å². The monoisotopic (exact) mass is 293 g/mol. The Balaban J connectivity index is 1.61. The topological polar surface area (TPSA) is 23.5 Å². The number of hydrogen-bond donors (Lipinski definition) is 1. The summed E-state index contributed by atoms with van der Waals surface area (Å²) in [5.41, 5.74) is 0. The third-order valence-corrected chi connectivity index (χ3v) is 6.43. The van der Waals surface area contributed by atoms with Crippen LogP contribution in [-0.4, -0.2) is 34.7 Å². The molecule has 1 unspecified atom stereocenters. The van der Waals surface area contributed by atoms with Gasteiger partial charge in [0.1, 0.15) is 0 Å². The number of aliphatic hydroxyl groups is 1. The predicted octanol–water partition coefficient (Wildman–Crippen LogP) is 4.50. The Morgan fingerprint density at radius 2 is 1.10 bits per heavy atom. The molecule has 1 atom stereocenters. The van der Waals surface area contributed by atoms with Crippen LogP contribution in [0, 0.1) is 5.92 Å². The SMILES string of the molecule is OC(CN(C1CCCCC1)C1CCCCC1)C1CCCC1. The number of nitrogens with zero attached hydrogens (tertiary/aromatic N) is 1. The molecule has 0 aromatic rings. The van der Waals surface area contributed by atoms with Gasteiger partial charge in [-0.2, -0.15) is 0 Å². The molecule has 2 nitrogen and oxygen atoms in total. The van der Waals surface area contributed by atoms with Crippen molar-refractivity contribution in [3.63, 3.8) is 0 Å². The molecule has 0 heterocycles. The molecule has 1 N–H and O–H groups in total. The molecule has 3 aliphatic rings. The normalized spacial score (nSPS) is 28.3. The third-order valence-electron chi connectivity index (χ3n) is 6.43. The van der Waals surface area contributed by atoms with Crippen molar-refractivity contribution in [3.05, 3.63) is 0 Å². The first kappa shape index (κ1) is 15.8. The minimum absolute atomic E-state index is 0.0589. The molecule has 2 heteroatoms. The van der Waals surface area contributed by atoms with E-state index in [1.165, 1.54) is 89.9 Å². The number of rotatable bonds is 5. The van der Waals surface area contributed by atoms with Crippen LogP contribution in [0.4, 0.5) is 0 Å². The fraction of sp³-hybridized carbons (Fsp3) is 1.00. The highest BCUT2D eigenvalue weighted by Gasteiger charge is 2.32. The number of hydrogen-bond acceptors (Lipinski definition) is 2. The summed E-state index contributed by atoms with van der Waals surface area (Å²) in [4.78, 5) is 2.78. The van der Waals surface area contributed by atoms with Gasteiger partial charge >= 0.3 is 0 Å². The highest BCUT2D eigenvalue weighted by molar-refractivity contribution is 4.87. The van der Waals surface area contributed by atoms with Gasteiger partial charge in [0.25, 0.3) is 0 Å². The van der Waals surface area contributed by atoms with Crippen LogP contribution in [-0.2, 0) is 0 Å². The second-order valence-corrected chi connectivity index (χ2v) is 7.89. The van der Waals surface area contributed by atoms with E-state index < -0.39 is 0 Å². The first-order valence-corrected chi connectivity index (χ1v) is 9.78. The summed E-state index contributed by atoms with van der Waals surface area (Å²) in [5, 5.41) is 10.7. The molecule has 21 heavy (non-hydrogen) atoms. The smallest absolute Gasteiger partial charge is 0.0695 e. The summed E-state index contributed by atoms with van der Waals surface area (Å²) in [7, 11) is 0. The summed E-state index contributed by atoms with van der Waals surface area (Å²) >= 11 is 0. The maximum atomic E-state index is 10.7. The van der Waals surface area contributed by atoms with Gasteiger partial charge in [-0.05, 0) is 44.4 Å². The van der Waals surface area contributed by atoms with Crippen LogP contribution in [0.25, 0.3) is 0 Å². The van der Waals surface area contributed by atoms with Crippen molar-refractivity contribution in [1.82, 2.24) is 4.90 Å². The number of aliphatic hydroxyl groups excluding tert-OH is 1.